The van der Waals surface area contributed by atoms with Gasteiger partial charge in [-0.1, -0.05) is 6.08 Å². The third-order valence-electron chi connectivity index (χ3n) is 5.29. The zero-order chi connectivity index (χ0) is 16.0. The molecule has 2 N–H and O–H groups in total. The van der Waals surface area contributed by atoms with Gasteiger partial charge in [0.25, 0.3) is 0 Å². The zero-order valence-electron chi connectivity index (χ0n) is 14.1. The molecule has 0 spiro atoms. The molecule has 0 saturated carbocycles. The second kappa shape index (κ2) is 5.58. The average Bonchev–Trinajstić information content (AvgIpc) is 2.68. The Bertz CT molecular complexity index is 478. The number of aliphatic hydroxyl groups excluding tert-OH is 1. The Kier molecular flexibility index (Phi) is 4.04. The molecule has 0 aromatic carbocycles. The van der Waals surface area contributed by atoms with Gasteiger partial charge in [0.05, 0.1) is 17.3 Å². The summed E-state index contributed by atoms with van der Waals surface area (Å²) in [6, 6.07) is 0. The molecule has 0 bridgehead atoms. The van der Waals surface area contributed by atoms with Crippen molar-refractivity contribution in [2.45, 2.75) is 57.8 Å². The Morgan fingerprint density at radius 1 is 1.14 bits per heavy atom. The lowest BCUT2D eigenvalue weighted by molar-refractivity contribution is 0.00578. The van der Waals surface area contributed by atoms with E-state index in [-0.39, 0.29) is 24.4 Å². The predicted molar refractivity (Wildman–Crippen MR) is 87.1 cm³/mol. The quantitative estimate of drug-likeness (QED) is 0.756. The highest BCUT2D eigenvalue weighted by Crippen LogP contribution is 2.38. The van der Waals surface area contributed by atoms with Crippen molar-refractivity contribution in [3.05, 3.63) is 23.4 Å². The molecule has 3 heterocycles. The van der Waals surface area contributed by atoms with Crippen LogP contribution in [0.2, 0.25) is 0 Å². The van der Waals surface area contributed by atoms with Crippen molar-refractivity contribution in [3.63, 3.8) is 0 Å². The Morgan fingerprint density at radius 2 is 1.73 bits per heavy atom. The lowest BCUT2D eigenvalue weighted by Crippen LogP contribution is -2.42. The molecular formula is C16H27BN2O3. The molecule has 0 aromatic rings. The minimum atomic E-state index is -0.300. The Labute approximate surface area is 133 Å². The molecule has 3 rings (SSSR count). The molecule has 122 valence electrons. The Hall–Kier alpha value is -0.975. The maximum absolute atomic E-state index is 9.60. The van der Waals surface area contributed by atoms with Crippen LogP contribution in [0.15, 0.2) is 23.4 Å². The standard InChI is InChI=1S/C16H27BN2O3/c1-15(2)16(3,4)22-17(21-15)12-5-6-14(18-11-12)19-9-7-13(20)8-10-19/h5-6,13,18,20H,7-11H2,1-4H3. The third kappa shape index (κ3) is 2.92. The summed E-state index contributed by atoms with van der Waals surface area (Å²) in [5.74, 6) is 1.13. The van der Waals surface area contributed by atoms with E-state index in [1.165, 1.54) is 0 Å². The largest absolute Gasteiger partial charge is 0.492 e. The smallest absolute Gasteiger partial charge is 0.400 e. The van der Waals surface area contributed by atoms with E-state index in [0.29, 0.717) is 0 Å². The summed E-state index contributed by atoms with van der Waals surface area (Å²) >= 11 is 0. The number of hydrogen-bond acceptors (Lipinski definition) is 5. The molecule has 22 heavy (non-hydrogen) atoms. The number of nitrogens with zero attached hydrogens (tertiary/aromatic N) is 1. The molecule has 0 aromatic heterocycles. The van der Waals surface area contributed by atoms with Crippen LogP contribution in [0, 0.1) is 0 Å². The van der Waals surface area contributed by atoms with E-state index in [9.17, 15) is 5.11 Å². The van der Waals surface area contributed by atoms with Crippen LogP contribution in [0.1, 0.15) is 40.5 Å². The van der Waals surface area contributed by atoms with Gasteiger partial charge in [0.2, 0.25) is 0 Å². The number of piperidine rings is 1. The van der Waals surface area contributed by atoms with E-state index < -0.39 is 0 Å². The SMILES string of the molecule is CC1(C)OB(C2=CC=C(N3CCC(O)CC3)NC2)OC1(C)C. The second-order valence-electron chi connectivity index (χ2n) is 7.45. The summed E-state index contributed by atoms with van der Waals surface area (Å²) in [6.07, 6.45) is 5.75. The number of likely N-dealkylation sites (tertiary alicyclic amines) is 1. The number of hydrogen-bond donors (Lipinski definition) is 2. The van der Waals surface area contributed by atoms with E-state index in [1.807, 2.05) is 0 Å². The van der Waals surface area contributed by atoms with Gasteiger partial charge in [-0.25, -0.2) is 0 Å². The number of allylic oxidation sites excluding steroid dienone is 2. The number of nitrogens with one attached hydrogen (secondary N) is 1. The number of aliphatic hydroxyl groups is 1. The van der Waals surface area contributed by atoms with Gasteiger partial charge in [-0.15, -0.1) is 0 Å². The fourth-order valence-corrected chi connectivity index (χ4v) is 2.98. The van der Waals surface area contributed by atoms with E-state index in [1.54, 1.807) is 0 Å². The van der Waals surface area contributed by atoms with Gasteiger partial charge in [0, 0.05) is 19.6 Å². The van der Waals surface area contributed by atoms with Crippen LogP contribution >= 0.6 is 0 Å². The summed E-state index contributed by atoms with van der Waals surface area (Å²) in [5, 5.41) is 13.1. The van der Waals surface area contributed by atoms with Gasteiger partial charge in [-0.05, 0) is 52.1 Å². The summed E-state index contributed by atoms with van der Waals surface area (Å²) in [4.78, 5) is 2.30. The predicted octanol–water partition coefficient (Wildman–Crippen LogP) is 1.45. The maximum Gasteiger partial charge on any atom is 0.492 e. The first kappa shape index (κ1) is 15.9. The van der Waals surface area contributed by atoms with Crippen molar-refractivity contribution in [3.8, 4) is 0 Å². The lowest BCUT2D eigenvalue weighted by atomic mass is 9.77. The Balaban J connectivity index is 1.66. The van der Waals surface area contributed by atoms with Crippen LogP contribution in [0.5, 0.6) is 0 Å². The van der Waals surface area contributed by atoms with Gasteiger partial charge in [-0.3, -0.25) is 0 Å². The minimum Gasteiger partial charge on any atom is -0.400 e. The van der Waals surface area contributed by atoms with E-state index >= 15 is 0 Å². The van der Waals surface area contributed by atoms with E-state index in [2.05, 4.69) is 50.1 Å². The highest BCUT2D eigenvalue weighted by atomic mass is 16.7. The van der Waals surface area contributed by atoms with Crippen molar-refractivity contribution < 1.29 is 14.4 Å². The molecule has 3 aliphatic heterocycles. The normalized spacial score (nSPS) is 28.2. The fourth-order valence-electron chi connectivity index (χ4n) is 2.98. The van der Waals surface area contributed by atoms with Crippen LogP contribution in [-0.4, -0.2) is 54.1 Å². The first-order chi connectivity index (χ1) is 10.3. The summed E-state index contributed by atoms with van der Waals surface area (Å²) in [6.45, 7) is 10.8. The molecule has 0 amide bonds. The highest BCUT2D eigenvalue weighted by molar-refractivity contribution is 6.54. The lowest BCUT2D eigenvalue weighted by Gasteiger charge is -2.35. The van der Waals surface area contributed by atoms with Crippen LogP contribution < -0.4 is 5.32 Å². The molecule has 0 aliphatic carbocycles. The van der Waals surface area contributed by atoms with Crippen molar-refractivity contribution in [2.75, 3.05) is 19.6 Å². The van der Waals surface area contributed by atoms with Crippen molar-refractivity contribution >= 4 is 7.12 Å². The van der Waals surface area contributed by atoms with Gasteiger partial charge in [-0.2, -0.15) is 0 Å². The number of dihydropyridines is 1. The van der Waals surface area contributed by atoms with Gasteiger partial charge >= 0.3 is 7.12 Å². The zero-order valence-corrected chi connectivity index (χ0v) is 14.1. The summed E-state index contributed by atoms with van der Waals surface area (Å²) < 4.78 is 12.2. The molecule has 5 nitrogen and oxygen atoms in total. The summed E-state index contributed by atoms with van der Waals surface area (Å²) in [7, 11) is -0.279. The van der Waals surface area contributed by atoms with Crippen LogP contribution in [0.3, 0.4) is 0 Å². The molecule has 0 unspecified atom stereocenters. The van der Waals surface area contributed by atoms with Gasteiger partial charge in [0.15, 0.2) is 0 Å². The number of rotatable bonds is 2. The summed E-state index contributed by atoms with van der Waals surface area (Å²) in [5.41, 5.74) is 0.524. The molecule has 0 atom stereocenters. The van der Waals surface area contributed by atoms with Gasteiger partial charge < -0.3 is 24.6 Å². The molecule has 0 radical (unpaired) electrons. The third-order valence-corrected chi connectivity index (χ3v) is 5.29. The maximum atomic E-state index is 9.60. The highest BCUT2D eigenvalue weighted by Gasteiger charge is 2.52. The molecule has 2 fully saturated rings. The van der Waals surface area contributed by atoms with E-state index in [0.717, 1.165) is 43.8 Å². The van der Waals surface area contributed by atoms with Crippen molar-refractivity contribution in [1.82, 2.24) is 10.2 Å². The van der Waals surface area contributed by atoms with Crippen LogP contribution in [0.4, 0.5) is 0 Å². The van der Waals surface area contributed by atoms with Crippen LogP contribution in [0.25, 0.3) is 0 Å². The van der Waals surface area contributed by atoms with Crippen molar-refractivity contribution in [1.29, 1.82) is 0 Å². The van der Waals surface area contributed by atoms with E-state index in [4.69, 9.17) is 9.31 Å². The Morgan fingerprint density at radius 3 is 2.23 bits per heavy atom. The minimum absolute atomic E-state index is 0.142. The van der Waals surface area contributed by atoms with Gasteiger partial charge in [0.1, 0.15) is 5.82 Å². The van der Waals surface area contributed by atoms with Crippen LogP contribution in [-0.2, 0) is 9.31 Å². The monoisotopic (exact) mass is 306 g/mol. The first-order valence-electron chi connectivity index (χ1n) is 8.22. The average molecular weight is 306 g/mol. The molecule has 6 heteroatoms. The molecular weight excluding hydrogens is 279 g/mol. The topological polar surface area (TPSA) is 54.0 Å². The second-order valence-corrected chi connectivity index (χ2v) is 7.45. The fraction of sp³-hybridized carbons (Fsp3) is 0.750. The molecule has 3 aliphatic rings. The first-order valence-corrected chi connectivity index (χ1v) is 8.22. The molecule has 2 saturated heterocycles. The van der Waals surface area contributed by atoms with Crippen molar-refractivity contribution in [2.24, 2.45) is 0 Å².